The van der Waals surface area contributed by atoms with Gasteiger partial charge in [0, 0.05) is 34.1 Å². The van der Waals surface area contributed by atoms with Gasteiger partial charge in [-0.3, -0.25) is 9.78 Å². The average molecular weight is 480 g/mol. The fourth-order valence-electron chi connectivity index (χ4n) is 5.17. The van der Waals surface area contributed by atoms with E-state index in [-0.39, 0.29) is 26.7 Å². The molecule has 1 fully saturated rings. The molecule has 2 aromatic rings. The number of fused-ring (bicyclic) bond motifs is 1. The number of benzene rings is 1. The maximum Gasteiger partial charge on any atom is 0.446 e. The van der Waals surface area contributed by atoms with E-state index in [4.69, 9.17) is 4.98 Å². The highest BCUT2D eigenvalue weighted by atomic mass is 32.2. The first-order valence-electron chi connectivity index (χ1n) is 11.9. The summed E-state index contributed by atoms with van der Waals surface area (Å²) in [5.74, 6) is 1.06. The maximum atomic E-state index is 12.6. The fraction of sp³-hybridized carbons (Fsp3) is 0.481. The van der Waals surface area contributed by atoms with Crippen molar-refractivity contribution in [2.75, 3.05) is 0 Å². The fourth-order valence-corrected chi connectivity index (χ4v) is 5.79. The Kier molecular flexibility index (Phi) is 7.94. The summed E-state index contributed by atoms with van der Waals surface area (Å²) in [5.41, 5.74) is 0.431. The standard InChI is InChI=1S/C27H30F3NOS.3H2/c28-27(29,30)33-24-9-4-6-20(18-24)12-14-23(32)17-19-5-3-8-22(13-11-19)26-25-10-2-1-7-21(25)15-16-31-26;;;/h2,4,6,9-10,15-16,18-19,22H,1,3,5,7-8,11-14,17H2;3*1H. The summed E-state index contributed by atoms with van der Waals surface area (Å²) in [5, 5.41) is 0. The van der Waals surface area contributed by atoms with Crippen LogP contribution in [0.5, 0.6) is 0 Å². The van der Waals surface area contributed by atoms with Crippen molar-refractivity contribution in [3.05, 3.63) is 65.0 Å². The van der Waals surface area contributed by atoms with Gasteiger partial charge in [0.1, 0.15) is 5.78 Å². The van der Waals surface area contributed by atoms with Crippen molar-refractivity contribution in [2.45, 2.75) is 80.5 Å². The van der Waals surface area contributed by atoms with Gasteiger partial charge in [0.05, 0.1) is 5.69 Å². The second-order valence-electron chi connectivity index (χ2n) is 9.22. The van der Waals surface area contributed by atoms with E-state index in [1.54, 1.807) is 18.2 Å². The number of allylic oxidation sites excluding steroid dienone is 1. The number of thioether (sulfide) groups is 1. The Morgan fingerprint density at radius 1 is 1.15 bits per heavy atom. The van der Waals surface area contributed by atoms with Crippen LogP contribution in [0, 0.1) is 5.92 Å². The number of carbonyl (C=O) groups excluding carboxylic acids is 1. The van der Waals surface area contributed by atoms with Gasteiger partial charge in [-0.2, -0.15) is 13.2 Å². The Balaban J connectivity index is 0.00000216. The lowest BCUT2D eigenvalue weighted by atomic mass is 9.87. The molecule has 0 amide bonds. The Morgan fingerprint density at radius 3 is 2.88 bits per heavy atom. The summed E-state index contributed by atoms with van der Waals surface area (Å²) in [6.07, 6.45) is 15.4. The molecule has 2 aliphatic carbocycles. The SMILES string of the molecule is O=C(CCc1cccc(SC(F)(F)F)c1)CC1CCCC(c2nccc3c2C=CCC3)CC1.[HH].[HH].[HH]. The van der Waals surface area contributed by atoms with E-state index in [1.807, 2.05) is 6.20 Å². The van der Waals surface area contributed by atoms with Gasteiger partial charge in [0.15, 0.2) is 0 Å². The van der Waals surface area contributed by atoms with Gasteiger partial charge in [-0.1, -0.05) is 37.1 Å². The monoisotopic (exact) mass is 479 g/mol. The molecule has 1 aromatic heterocycles. The van der Waals surface area contributed by atoms with Crippen molar-refractivity contribution < 1.29 is 22.2 Å². The number of hydrogen-bond donors (Lipinski definition) is 0. The molecule has 6 heteroatoms. The summed E-state index contributed by atoms with van der Waals surface area (Å²) in [6.45, 7) is 0. The quantitative estimate of drug-likeness (QED) is 0.294. The molecule has 0 saturated heterocycles. The number of halogens is 3. The molecule has 0 aliphatic heterocycles. The molecule has 182 valence electrons. The second kappa shape index (κ2) is 10.9. The van der Waals surface area contributed by atoms with Crippen molar-refractivity contribution >= 4 is 23.6 Å². The number of aromatic nitrogens is 1. The predicted octanol–water partition coefficient (Wildman–Crippen LogP) is 8.65. The number of carbonyl (C=O) groups is 1. The Labute approximate surface area is 202 Å². The van der Waals surface area contributed by atoms with Crippen LogP contribution >= 0.6 is 11.8 Å². The van der Waals surface area contributed by atoms with E-state index in [2.05, 4.69) is 18.2 Å². The molecule has 0 radical (unpaired) electrons. The number of rotatable bonds is 7. The number of ketones is 1. The van der Waals surface area contributed by atoms with Crippen LogP contribution in [-0.4, -0.2) is 16.3 Å². The lowest BCUT2D eigenvalue weighted by Crippen LogP contribution is -2.10. The normalized spacial score (nSPS) is 20.8. The molecule has 1 heterocycles. The summed E-state index contributed by atoms with van der Waals surface area (Å²) in [4.78, 5) is 17.6. The first-order chi connectivity index (χ1) is 15.9. The van der Waals surface area contributed by atoms with Crippen LogP contribution < -0.4 is 0 Å². The minimum absolute atomic E-state index is 0. The van der Waals surface area contributed by atoms with Crippen molar-refractivity contribution in [3.63, 3.8) is 0 Å². The smallest absolute Gasteiger partial charge is 0.300 e. The molecule has 1 aromatic carbocycles. The lowest BCUT2D eigenvalue weighted by Gasteiger charge is -2.20. The van der Waals surface area contributed by atoms with Gasteiger partial charge >= 0.3 is 5.51 Å². The lowest BCUT2D eigenvalue weighted by molar-refractivity contribution is -0.120. The molecular weight excluding hydrogens is 443 g/mol. The van der Waals surface area contributed by atoms with Crippen LogP contribution in [0.25, 0.3) is 6.08 Å². The van der Waals surface area contributed by atoms with E-state index >= 15 is 0 Å². The van der Waals surface area contributed by atoms with Crippen LogP contribution in [0.4, 0.5) is 13.2 Å². The molecular formula is C27H36F3NOS. The number of pyridine rings is 1. The summed E-state index contributed by atoms with van der Waals surface area (Å²) >= 11 is -0.108. The van der Waals surface area contributed by atoms with Gasteiger partial charge < -0.3 is 0 Å². The molecule has 33 heavy (non-hydrogen) atoms. The molecule has 2 aliphatic rings. The molecule has 0 bridgehead atoms. The maximum absolute atomic E-state index is 12.6. The number of aryl methyl sites for hydroxylation is 2. The van der Waals surface area contributed by atoms with Gasteiger partial charge in [0.2, 0.25) is 0 Å². The molecule has 2 nitrogen and oxygen atoms in total. The largest absolute Gasteiger partial charge is 0.446 e. The summed E-state index contributed by atoms with van der Waals surface area (Å²) in [6, 6.07) is 8.57. The third-order valence-corrected chi connectivity index (χ3v) is 7.51. The van der Waals surface area contributed by atoms with Crippen LogP contribution in [0.15, 0.2) is 47.5 Å². The average Bonchev–Trinajstić information content (AvgIpc) is 3.02. The summed E-state index contributed by atoms with van der Waals surface area (Å²) < 4.78 is 37.8. The third-order valence-electron chi connectivity index (χ3n) is 6.79. The van der Waals surface area contributed by atoms with E-state index in [0.717, 1.165) is 50.5 Å². The van der Waals surface area contributed by atoms with Crippen LogP contribution in [0.2, 0.25) is 0 Å². The Morgan fingerprint density at radius 2 is 2.03 bits per heavy atom. The number of alkyl halides is 3. The highest BCUT2D eigenvalue weighted by Gasteiger charge is 2.29. The first kappa shape index (κ1) is 24.1. The zero-order valence-electron chi connectivity index (χ0n) is 18.7. The molecule has 2 unspecified atom stereocenters. The molecule has 2 atom stereocenters. The zero-order chi connectivity index (χ0) is 23.3. The molecule has 0 N–H and O–H groups in total. The van der Waals surface area contributed by atoms with E-state index in [0.29, 0.717) is 31.1 Å². The van der Waals surface area contributed by atoms with Crippen molar-refractivity contribution in [1.29, 1.82) is 0 Å². The van der Waals surface area contributed by atoms with Crippen LogP contribution in [-0.2, 0) is 17.6 Å². The topological polar surface area (TPSA) is 30.0 Å². The molecule has 4 rings (SSSR count). The minimum Gasteiger partial charge on any atom is -0.300 e. The summed E-state index contributed by atoms with van der Waals surface area (Å²) in [7, 11) is 0. The number of hydrogen-bond acceptors (Lipinski definition) is 3. The van der Waals surface area contributed by atoms with Crippen LogP contribution in [0.1, 0.15) is 83.9 Å². The third kappa shape index (κ3) is 6.95. The van der Waals surface area contributed by atoms with E-state index < -0.39 is 5.51 Å². The molecule has 1 saturated carbocycles. The predicted molar refractivity (Wildman–Crippen MR) is 134 cm³/mol. The van der Waals surface area contributed by atoms with Crippen molar-refractivity contribution in [1.82, 2.24) is 4.98 Å². The van der Waals surface area contributed by atoms with Crippen molar-refractivity contribution in [3.8, 4) is 0 Å². The van der Waals surface area contributed by atoms with Gasteiger partial charge in [0.25, 0.3) is 0 Å². The van der Waals surface area contributed by atoms with Gasteiger partial charge in [-0.25, -0.2) is 0 Å². The zero-order valence-corrected chi connectivity index (χ0v) is 19.6. The Bertz CT molecular complexity index is 1020. The number of Topliss-reactive ketones (excluding diaryl/α,β-unsaturated/α-hetero) is 1. The highest BCUT2D eigenvalue weighted by molar-refractivity contribution is 8.00. The Hall–Kier alpha value is -2.08. The van der Waals surface area contributed by atoms with Crippen molar-refractivity contribution in [2.24, 2.45) is 5.92 Å². The van der Waals surface area contributed by atoms with E-state index in [9.17, 15) is 18.0 Å². The number of nitrogens with zero attached hydrogens (tertiary/aromatic N) is 1. The first-order valence-corrected chi connectivity index (χ1v) is 12.7. The van der Waals surface area contributed by atoms with E-state index in [1.165, 1.54) is 22.9 Å². The minimum atomic E-state index is -4.29. The van der Waals surface area contributed by atoms with Crippen LogP contribution in [0.3, 0.4) is 0 Å². The second-order valence-corrected chi connectivity index (χ2v) is 10.4. The van der Waals surface area contributed by atoms with Gasteiger partial charge in [-0.15, -0.1) is 0 Å². The molecule has 0 spiro atoms. The van der Waals surface area contributed by atoms with Gasteiger partial charge in [-0.05, 0) is 91.1 Å². The highest BCUT2D eigenvalue weighted by Crippen LogP contribution is 2.38.